The van der Waals surface area contributed by atoms with Crippen molar-refractivity contribution < 1.29 is 5.11 Å². The average Bonchev–Trinajstić information content (AvgIpc) is 2.47. The van der Waals surface area contributed by atoms with Gasteiger partial charge in [-0.15, -0.1) is 0 Å². The van der Waals surface area contributed by atoms with Gasteiger partial charge in [-0.3, -0.25) is 0 Å². The van der Waals surface area contributed by atoms with E-state index in [-0.39, 0.29) is 6.54 Å². The lowest BCUT2D eigenvalue weighted by atomic mass is 10.1. The molecule has 0 fully saturated rings. The Morgan fingerprint density at radius 3 is 2.76 bits per heavy atom. The minimum atomic E-state index is -0.816. The molecule has 0 aliphatic heterocycles. The van der Waals surface area contributed by atoms with Crippen molar-refractivity contribution in [2.24, 2.45) is 0 Å². The second-order valence-corrected chi connectivity index (χ2v) is 5.52. The lowest BCUT2D eigenvalue weighted by molar-refractivity contribution is 0.192. The standard InChI is InChI=1S/C16H14Cl2N2O/c1-10-3-2-4-15(13(10)8-19)20-9-16(21)12-7-11(17)5-6-14(12)18/h2-7,16,20-21H,9H2,1H3. The summed E-state index contributed by atoms with van der Waals surface area (Å²) >= 11 is 12.0. The molecule has 108 valence electrons. The topological polar surface area (TPSA) is 56.0 Å². The molecule has 0 spiro atoms. The SMILES string of the molecule is Cc1cccc(NCC(O)c2cc(Cl)ccc2Cl)c1C#N. The minimum Gasteiger partial charge on any atom is -0.387 e. The van der Waals surface area contributed by atoms with Crippen molar-refractivity contribution >= 4 is 28.9 Å². The Hall–Kier alpha value is -1.73. The predicted molar refractivity (Wildman–Crippen MR) is 85.8 cm³/mol. The fourth-order valence-corrected chi connectivity index (χ4v) is 2.47. The van der Waals surface area contributed by atoms with Crippen LogP contribution in [0.1, 0.15) is 22.8 Å². The summed E-state index contributed by atoms with van der Waals surface area (Å²) in [5.41, 5.74) is 2.71. The molecule has 0 aliphatic rings. The molecule has 0 radical (unpaired) electrons. The summed E-state index contributed by atoms with van der Waals surface area (Å²) in [6.45, 7) is 2.10. The maximum atomic E-state index is 10.2. The molecule has 2 aromatic carbocycles. The van der Waals surface area contributed by atoms with Crippen LogP contribution in [-0.2, 0) is 0 Å². The Kier molecular flexibility index (Phi) is 5.08. The molecule has 2 aromatic rings. The van der Waals surface area contributed by atoms with Crippen LogP contribution in [0, 0.1) is 18.3 Å². The summed E-state index contributed by atoms with van der Waals surface area (Å²) in [4.78, 5) is 0. The number of rotatable bonds is 4. The van der Waals surface area contributed by atoms with Crippen LogP contribution in [0.3, 0.4) is 0 Å². The molecule has 1 atom stereocenters. The van der Waals surface area contributed by atoms with E-state index in [2.05, 4.69) is 11.4 Å². The van der Waals surface area contributed by atoms with Gasteiger partial charge < -0.3 is 10.4 Å². The van der Waals surface area contributed by atoms with Gasteiger partial charge in [0.2, 0.25) is 0 Å². The fraction of sp³-hybridized carbons (Fsp3) is 0.188. The van der Waals surface area contributed by atoms with E-state index < -0.39 is 6.10 Å². The van der Waals surface area contributed by atoms with Gasteiger partial charge in [-0.1, -0.05) is 35.3 Å². The molecule has 0 amide bonds. The first-order valence-corrected chi connectivity index (χ1v) is 7.15. The smallest absolute Gasteiger partial charge is 0.102 e. The van der Waals surface area contributed by atoms with E-state index in [1.54, 1.807) is 24.3 Å². The molecule has 3 nitrogen and oxygen atoms in total. The first-order valence-electron chi connectivity index (χ1n) is 6.39. The van der Waals surface area contributed by atoms with Gasteiger partial charge in [0.25, 0.3) is 0 Å². The Labute approximate surface area is 133 Å². The van der Waals surface area contributed by atoms with E-state index in [1.165, 1.54) is 0 Å². The fourth-order valence-electron chi connectivity index (χ4n) is 2.05. The van der Waals surface area contributed by atoms with Crippen molar-refractivity contribution in [2.75, 3.05) is 11.9 Å². The summed E-state index contributed by atoms with van der Waals surface area (Å²) < 4.78 is 0. The summed E-state index contributed by atoms with van der Waals surface area (Å²) in [5, 5.41) is 23.5. The van der Waals surface area contributed by atoms with Crippen molar-refractivity contribution in [3.63, 3.8) is 0 Å². The largest absolute Gasteiger partial charge is 0.387 e. The molecule has 0 saturated heterocycles. The van der Waals surface area contributed by atoms with Crippen molar-refractivity contribution in [3.8, 4) is 6.07 Å². The van der Waals surface area contributed by atoms with Gasteiger partial charge in [-0.2, -0.15) is 5.26 Å². The Bertz CT molecular complexity index is 695. The lowest BCUT2D eigenvalue weighted by Crippen LogP contribution is -2.13. The Balaban J connectivity index is 2.15. The molecule has 0 aliphatic carbocycles. The molecule has 0 heterocycles. The number of aliphatic hydroxyl groups excluding tert-OH is 1. The van der Waals surface area contributed by atoms with Crippen molar-refractivity contribution in [2.45, 2.75) is 13.0 Å². The molecule has 0 aromatic heterocycles. The summed E-state index contributed by atoms with van der Waals surface area (Å²) in [6.07, 6.45) is -0.816. The van der Waals surface area contributed by atoms with Gasteiger partial charge in [-0.05, 0) is 36.8 Å². The molecule has 2 rings (SSSR count). The summed E-state index contributed by atoms with van der Waals surface area (Å²) in [7, 11) is 0. The van der Waals surface area contributed by atoms with Crippen LogP contribution >= 0.6 is 23.2 Å². The predicted octanol–water partition coefficient (Wildman–Crippen LogP) is 4.32. The molecule has 21 heavy (non-hydrogen) atoms. The summed E-state index contributed by atoms with van der Waals surface area (Å²) in [6, 6.07) is 12.6. The lowest BCUT2D eigenvalue weighted by Gasteiger charge is -2.16. The first-order chi connectivity index (χ1) is 10.0. The minimum absolute atomic E-state index is 0.234. The molecular weight excluding hydrogens is 307 g/mol. The zero-order chi connectivity index (χ0) is 15.4. The number of benzene rings is 2. The highest BCUT2D eigenvalue weighted by Gasteiger charge is 2.13. The zero-order valence-corrected chi connectivity index (χ0v) is 12.9. The van der Waals surface area contributed by atoms with Crippen molar-refractivity contribution in [1.82, 2.24) is 0 Å². The van der Waals surface area contributed by atoms with Crippen LogP contribution in [0.15, 0.2) is 36.4 Å². The highest BCUT2D eigenvalue weighted by atomic mass is 35.5. The van der Waals surface area contributed by atoms with Gasteiger partial charge in [0.15, 0.2) is 0 Å². The molecule has 5 heteroatoms. The van der Waals surface area contributed by atoms with E-state index >= 15 is 0 Å². The number of nitrogens with zero attached hydrogens (tertiary/aromatic N) is 1. The molecule has 0 bridgehead atoms. The Morgan fingerprint density at radius 2 is 2.05 bits per heavy atom. The van der Waals surface area contributed by atoms with Crippen LogP contribution < -0.4 is 5.32 Å². The molecule has 2 N–H and O–H groups in total. The van der Waals surface area contributed by atoms with Crippen molar-refractivity contribution in [3.05, 3.63) is 63.1 Å². The molecule has 1 unspecified atom stereocenters. The maximum Gasteiger partial charge on any atom is 0.102 e. The second kappa shape index (κ2) is 6.82. The monoisotopic (exact) mass is 320 g/mol. The van der Waals surface area contributed by atoms with Gasteiger partial charge in [0, 0.05) is 22.2 Å². The van der Waals surface area contributed by atoms with Gasteiger partial charge in [-0.25, -0.2) is 0 Å². The number of nitriles is 1. The number of aryl methyl sites for hydroxylation is 1. The van der Waals surface area contributed by atoms with Gasteiger partial charge in [0.05, 0.1) is 17.4 Å². The quantitative estimate of drug-likeness (QED) is 0.882. The van der Waals surface area contributed by atoms with Gasteiger partial charge in [0.1, 0.15) is 6.07 Å². The highest BCUT2D eigenvalue weighted by Crippen LogP contribution is 2.27. The average molecular weight is 321 g/mol. The third kappa shape index (κ3) is 3.68. The highest BCUT2D eigenvalue weighted by molar-refractivity contribution is 6.33. The van der Waals surface area contributed by atoms with Crippen LogP contribution in [0.5, 0.6) is 0 Å². The van der Waals surface area contributed by atoms with Crippen LogP contribution in [0.4, 0.5) is 5.69 Å². The van der Waals surface area contributed by atoms with Crippen LogP contribution in [-0.4, -0.2) is 11.7 Å². The first kappa shape index (κ1) is 15.7. The number of nitrogens with one attached hydrogen (secondary N) is 1. The number of aliphatic hydroxyl groups is 1. The summed E-state index contributed by atoms with van der Waals surface area (Å²) in [5.74, 6) is 0. The number of halogens is 2. The zero-order valence-electron chi connectivity index (χ0n) is 11.4. The normalized spacial score (nSPS) is 11.8. The molecule has 0 saturated carbocycles. The number of hydrogen-bond donors (Lipinski definition) is 2. The van der Waals surface area contributed by atoms with E-state index in [4.69, 9.17) is 23.2 Å². The van der Waals surface area contributed by atoms with E-state index in [0.717, 1.165) is 5.56 Å². The van der Waals surface area contributed by atoms with E-state index in [1.807, 2.05) is 19.1 Å². The number of hydrogen-bond acceptors (Lipinski definition) is 3. The van der Waals surface area contributed by atoms with E-state index in [0.29, 0.717) is 26.9 Å². The number of anilines is 1. The third-order valence-corrected chi connectivity index (χ3v) is 3.77. The Morgan fingerprint density at radius 1 is 1.29 bits per heavy atom. The van der Waals surface area contributed by atoms with E-state index in [9.17, 15) is 10.4 Å². The van der Waals surface area contributed by atoms with Crippen LogP contribution in [0.25, 0.3) is 0 Å². The second-order valence-electron chi connectivity index (χ2n) is 4.67. The third-order valence-electron chi connectivity index (χ3n) is 3.19. The maximum absolute atomic E-state index is 10.2. The molecular formula is C16H14Cl2N2O. The van der Waals surface area contributed by atoms with Crippen LogP contribution in [0.2, 0.25) is 10.0 Å². The van der Waals surface area contributed by atoms with Crippen molar-refractivity contribution in [1.29, 1.82) is 5.26 Å². The van der Waals surface area contributed by atoms with Gasteiger partial charge >= 0.3 is 0 Å².